The van der Waals surface area contributed by atoms with Gasteiger partial charge in [-0.05, 0) is 18.1 Å². The van der Waals surface area contributed by atoms with Gasteiger partial charge >= 0.3 is 0 Å². The lowest BCUT2D eigenvalue weighted by atomic mass is 9.93. The van der Waals surface area contributed by atoms with Crippen LogP contribution in [-0.4, -0.2) is 5.75 Å². The van der Waals surface area contributed by atoms with Crippen molar-refractivity contribution in [2.45, 2.75) is 71.6 Å². The zero-order chi connectivity index (χ0) is 10.6. The Labute approximate surface area is 96.3 Å². The van der Waals surface area contributed by atoms with Gasteiger partial charge in [-0.1, -0.05) is 65.2 Å². The van der Waals surface area contributed by atoms with Crippen LogP contribution in [0.5, 0.6) is 0 Å². The van der Waals surface area contributed by atoms with Crippen molar-refractivity contribution in [2.24, 2.45) is 5.92 Å². The predicted octanol–water partition coefficient (Wildman–Crippen LogP) is 5.08. The fourth-order valence-electron chi connectivity index (χ4n) is 1.98. The molecule has 0 saturated carbocycles. The van der Waals surface area contributed by atoms with E-state index in [9.17, 15) is 0 Å². The molecule has 14 heavy (non-hydrogen) atoms. The van der Waals surface area contributed by atoms with Crippen LogP contribution in [0.2, 0.25) is 0 Å². The summed E-state index contributed by atoms with van der Waals surface area (Å²) in [6, 6.07) is 0. The maximum Gasteiger partial charge on any atom is -0.00953 e. The Morgan fingerprint density at radius 1 is 0.786 bits per heavy atom. The lowest BCUT2D eigenvalue weighted by molar-refractivity contribution is 0.402. The zero-order valence-electron chi connectivity index (χ0n) is 10.1. The van der Waals surface area contributed by atoms with Gasteiger partial charge in [-0.2, -0.15) is 12.6 Å². The van der Waals surface area contributed by atoms with Crippen molar-refractivity contribution in [1.82, 2.24) is 0 Å². The first-order valence-corrected chi connectivity index (χ1v) is 7.09. The van der Waals surface area contributed by atoms with Gasteiger partial charge in [0.1, 0.15) is 0 Å². The van der Waals surface area contributed by atoms with Gasteiger partial charge in [-0.25, -0.2) is 0 Å². The summed E-state index contributed by atoms with van der Waals surface area (Å²) in [6.45, 7) is 4.56. The highest BCUT2D eigenvalue weighted by molar-refractivity contribution is 7.80. The van der Waals surface area contributed by atoms with Gasteiger partial charge in [0.15, 0.2) is 0 Å². The Bertz CT molecular complexity index is 91.4. The largest absolute Gasteiger partial charge is 0.179 e. The second kappa shape index (κ2) is 11.4. The monoisotopic (exact) mass is 216 g/mol. The van der Waals surface area contributed by atoms with E-state index in [4.69, 9.17) is 0 Å². The zero-order valence-corrected chi connectivity index (χ0v) is 11.0. The van der Waals surface area contributed by atoms with E-state index in [0.29, 0.717) is 0 Å². The lowest BCUT2D eigenvalue weighted by Gasteiger charge is -2.15. The van der Waals surface area contributed by atoms with Crippen LogP contribution < -0.4 is 0 Å². The van der Waals surface area contributed by atoms with Crippen molar-refractivity contribution in [1.29, 1.82) is 0 Å². The van der Waals surface area contributed by atoms with Crippen LogP contribution in [0.3, 0.4) is 0 Å². The third-order valence-electron chi connectivity index (χ3n) is 2.97. The van der Waals surface area contributed by atoms with E-state index in [0.717, 1.165) is 11.7 Å². The van der Waals surface area contributed by atoms with Crippen LogP contribution in [0, 0.1) is 5.92 Å². The number of rotatable bonds is 10. The fraction of sp³-hybridized carbons (Fsp3) is 1.00. The lowest BCUT2D eigenvalue weighted by Crippen LogP contribution is -2.01. The molecule has 0 saturated heterocycles. The van der Waals surface area contributed by atoms with Crippen molar-refractivity contribution in [2.75, 3.05) is 5.75 Å². The third kappa shape index (κ3) is 8.93. The van der Waals surface area contributed by atoms with Gasteiger partial charge in [0.05, 0.1) is 0 Å². The van der Waals surface area contributed by atoms with E-state index in [1.807, 2.05) is 0 Å². The second-order valence-electron chi connectivity index (χ2n) is 4.37. The predicted molar refractivity (Wildman–Crippen MR) is 70.2 cm³/mol. The van der Waals surface area contributed by atoms with Crippen LogP contribution in [0.15, 0.2) is 0 Å². The number of thiol groups is 1. The van der Waals surface area contributed by atoms with Crippen LogP contribution in [0.4, 0.5) is 0 Å². The molecule has 0 rings (SSSR count). The van der Waals surface area contributed by atoms with Gasteiger partial charge in [0, 0.05) is 0 Å². The molecule has 1 heteroatoms. The van der Waals surface area contributed by atoms with E-state index < -0.39 is 0 Å². The van der Waals surface area contributed by atoms with Crippen LogP contribution in [-0.2, 0) is 0 Å². The molecule has 0 bridgehead atoms. The molecular formula is C13H28S. The molecule has 0 fully saturated rings. The molecule has 0 aliphatic rings. The van der Waals surface area contributed by atoms with Crippen LogP contribution >= 0.6 is 12.6 Å². The molecule has 0 atom stereocenters. The first-order valence-electron chi connectivity index (χ1n) is 6.46. The molecule has 0 N–H and O–H groups in total. The highest BCUT2D eigenvalue weighted by Crippen LogP contribution is 2.21. The Balaban J connectivity index is 3.44. The summed E-state index contributed by atoms with van der Waals surface area (Å²) in [5, 5.41) is 0. The molecule has 0 aromatic carbocycles. The highest BCUT2D eigenvalue weighted by Gasteiger charge is 2.06. The summed E-state index contributed by atoms with van der Waals surface area (Å²) in [4.78, 5) is 0. The minimum absolute atomic E-state index is 0.964. The van der Waals surface area contributed by atoms with Crippen molar-refractivity contribution in [3.8, 4) is 0 Å². The maximum absolute atomic E-state index is 4.35. The molecule has 0 aromatic rings. The first-order chi connectivity index (χ1) is 6.85. The second-order valence-corrected chi connectivity index (χ2v) is 4.82. The van der Waals surface area contributed by atoms with Crippen molar-refractivity contribution < 1.29 is 0 Å². The molecular weight excluding hydrogens is 188 g/mol. The normalized spacial score (nSPS) is 11.1. The summed E-state index contributed by atoms with van der Waals surface area (Å²) >= 11 is 4.35. The average Bonchev–Trinajstić information content (AvgIpc) is 2.18. The first kappa shape index (κ1) is 14.3. The van der Waals surface area contributed by atoms with E-state index in [-0.39, 0.29) is 0 Å². The standard InChI is InChI=1S/C13H28S/c1-3-5-7-9-13(11-12-14)10-8-6-4-2/h13-14H,3-12H2,1-2H3. The molecule has 0 spiro atoms. The van der Waals surface area contributed by atoms with Crippen molar-refractivity contribution >= 4 is 12.6 Å². The molecule has 0 aliphatic carbocycles. The van der Waals surface area contributed by atoms with Gasteiger partial charge in [-0.3, -0.25) is 0 Å². The highest BCUT2D eigenvalue weighted by atomic mass is 32.1. The Morgan fingerprint density at radius 3 is 1.64 bits per heavy atom. The van der Waals surface area contributed by atoms with E-state index in [1.165, 1.54) is 57.8 Å². The SMILES string of the molecule is CCCCCC(CCS)CCCCC. The molecule has 0 radical (unpaired) electrons. The van der Waals surface area contributed by atoms with Gasteiger partial charge in [-0.15, -0.1) is 0 Å². The minimum atomic E-state index is 0.964. The van der Waals surface area contributed by atoms with Gasteiger partial charge in [0.2, 0.25) is 0 Å². The topological polar surface area (TPSA) is 0 Å². The molecule has 0 amide bonds. The maximum atomic E-state index is 4.35. The molecule has 0 aromatic heterocycles. The Kier molecular flexibility index (Phi) is 11.7. The summed E-state index contributed by atoms with van der Waals surface area (Å²) in [5.41, 5.74) is 0. The summed E-state index contributed by atoms with van der Waals surface area (Å²) < 4.78 is 0. The Hall–Kier alpha value is 0.350. The van der Waals surface area contributed by atoms with Gasteiger partial charge in [0.25, 0.3) is 0 Å². The minimum Gasteiger partial charge on any atom is -0.179 e. The molecule has 0 heterocycles. The average molecular weight is 216 g/mol. The Morgan fingerprint density at radius 2 is 1.29 bits per heavy atom. The number of hydrogen-bond acceptors (Lipinski definition) is 1. The third-order valence-corrected chi connectivity index (χ3v) is 3.23. The van der Waals surface area contributed by atoms with E-state index in [2.05, 4.69) is 26.5 Å². The van der Waals surface area contributed by atoms with Crippen LogP contribution in [0.25, 0.3) is 0 Å². The molecule has 86 valence electrons. The summed E-state index contributed by atoms with van der Waals surface area (Å²) in [5.74, 6) is 2.04. The van der Waals surface area contributed by atoms with Gasteiger partial charge < -0.3 is 0 Å². The van der Waals surface area contributed by atoms with Crippen LogP contribution in [0.1, 0.15) is 71.6 Å². The quantitative estimate of drug-likeness (QED) is 0.382. The smallest absolute Gasteiger partial charge is 0.00953 e. The fourth-order valence-corrected chi connectivity index (χ4v) is 2.35. The van der Waals surface area contributed by atoms with E-state index >= 15 is 0 Å². The number of hydrogen-bond donors (Lipinski definition) is 1. The summed E-state index contributed by atoms with van der Waals surface area (Å²) in [7, 11) is 0. The van der Waals surface area contributed by atoms with Crippen molar-refractivity contribution in [3.63, 3.8) is 0 Å². The van der Waals surface area contributed by atoms with Crippen molar-refractivity contribution in [3.05, 3.63) is 0 Å². The number of unbranched alkanes of at least 4 members (excludes halogenated alkanes) is 4. The van der Waals surface area contributed by atoms with E-state index in [1.54, 1.807) is 0 Å². The molecule has 0 aliphatic heterocycles. The molecule has 0 nitrogen and oxygen atoms in total. The molecule has 0 unspecified atom stereocenters. The summed E-state index contributed by atoms with van der Waals surface area (Å²) in [6.07, 6.45) is 12.6.